The number of aryl methyl sites for hydroxylation is 1. The Bertz CT molecular complexity index is 1150. The highest BCUT2D eigenvalue weighted by Gasteiger charge is 2.15. The Labute approximate surface area is 174 Å². The van der Waals surface area contributed by atoms with E-state index in [9.17, 15) is 9.18 Å². The molecule has 1 amide bonds. The van der Waals surface area contributed by atoms with Crippen LogP contribution in [0.3, 0.4) is 0 Å². The first-order chi connectivity index (χ1) is 14.6. The summed E-state index contributed by atoms with van der Waals surface area (Å²) < 4.78 is 13.8. The van der Waals surface area contributed by atoms with E-state index in [2.05, 4.69) is 20.5 Å². The van der Waals surface area contributed by atoms with E-state index in [1.54, 1.807) is 12.3 Å². The second kappa shape index (κ2) is 8.69. The zero-order valence-corrected chi connectivity index (χ0v) is 16.5. The highest BCUT2D eigenvalue weighted by Crippen LogP contribution is 2.27. The van der Waals surface area contributed by atoms with Gasteiger partial charge in [0.15, 0.2) is 0 Å². The number of hydrogen-bond donors (Lipinski definition) is 2. The maximum Gasteiger partial charge on any atom is 0.251 e. The van der Waals surface area contributed by atoms with E-state index in [1.165, 1.54) is 12.1 Å². The van der Waals surface area contributed by atoms with Crippen molar-refractivity contribution in [2.24, 2.45) is 0 Å². The molecular formula is C24H21FN4O. The van der Waals surface area contributed by atoms with Gasteiger partial charge in [-0.1, -0.05) is 24.3 Å². The number of nitrogens with one attached hydrogen (secondary N) is 2. The lowest BCUT2D eigenvalue weighted by atomic mass is 10.0. The van der Waals surface area contributed by atoms with Gasteiger partial charge in [0.05, 0.1) is 11.4 Å². The van der Waals surface area contributed by atoms with Gasteiger partial charge in [0.1, 0.15) is 5.82 Å². The van der Waals surface area contributed by atoms with Crippen molar-refractivity contribution in [3.63, 3.8) is 0 Å². The summed E-state index contributed by atoms with van der Waals surface area (Å²) in [5.41, 5.74) is 5.03. The molecule has 2 heterocycles. The first-order valence-corrected chi connectivity index (χ1v) is 9.70. The summed E-state index contributed by atoms with van der Waals surface area (Å²) in [5.74, 6) is -0.471. The molecule has 0 fully saturated rings. The molecule has 0 aliphatic rings. The number of carbonyl (C=O) groups excluding carboxylic acids is 1. The topological polar surface area (TPSA) is 70.7 Å². The zero-order valence-electron chi connectivity index (χ0n) is 16.5. The average Bonchev–Trinajstić information content (AvgIpc) is 3.24. The van der Waals surface area contributed by atoms with E-state index < -0.39 is 0 Å². The number of amides is 1. The fourth-order valence-electron chi connectivity index (χ4n) is 3.35. The predicted octanol–water partition coefficient (Wildman–Crippen LogP) is 4.56. The van der Waals surface area contributed by atoms with Crippen molar-refractivity contribution < 1.29 is 9.18 Å². The van der Waals surface area contributed by atoms with E-state index in [0.29, 0.717) is 41.0 Å². The van der Waals surface area contributed by atoms with Crippen LogP contribution in [0.4, 0.5) is 4.39 Å². The van der Waals surface area contributed by atoms with E-state index in [1.807, 2.05) is 55.5 Å². The summed E-state index contributed by atoms with van der Waals surface area (Å²) in [6.07, 6.45) is 2.39. The molecule has 150 valence electrons. The molecule has 6 heteroatoms. The molecule has 0 radical (unpaired) electrons. The number of hydrogen-bond acceptors (Lipinski definition) is 3. The van der Waals surface area contributed by atoms with E-state index in [0.717, 1.165) is 11.3 Å². The highest BCUT2D eigenvalue weighted by atomic mass is 19.1. The Hall–Kier alpha value is -3.80. The van der Waals surface area contributed by atoms with Crippen molar-refractivity contribution in [1.29, 1.82) is 0 Å². The monoisotopic (exact) mass is 400 g/mol. The quantitative estimate of drug-likeness (QED) is 0.498. The van der Waals surface area contributed by atoms with E-state index >= 15 is 0 Å². The number of rotatable bonds is 6. The lowest BCUT2D eigenvalue weighted by Crippen LogP contribution is -2.26. The largest absolute Gasteiger partial charge is 0.352 e. The molecule has 0 unspecified atom stereocenters. The van der Waals surface area contributed by atoms with Crippen molar-refractivity contribution in [3.05, 3.63) is 95.6 Å². The van der Waals surface area contributed by atoms with Gasteiger partial charge in [-0.25, -0.2) is 4.39 Å². The van der Waals surface area contributed by atoms with Crippen LogP contribution in [0.2, 0.25) is 0 Å². The molecule has 0 spiro atoms. The molecule has 4 aromatic rings. The summed E-state index contributed by atoms with van der Waals surface area (Å²) in [4.78, 5) is 17.0. The molecule has 2 N–H and O–H groups in total. The average molecular weight is 400 g/mol. The van der Waals surface area contributed by atoms with Crippen LogP contribution in [0.15, 0.2) is 72.9 Å². The SMILES string of the molecule is Cc1cc(F)cc(-c2cc(-c3ccccc3C(=O)NCCc3ccccn3)n[nH]2)c1. The second-order valence-electron chi connectivity index (χ2n) is 7.06. The van der Waals surface area contributed by atoms with Crippen LogP contribution in [-0.2, 0) is 6.42 Å². The molecule has 0 saturated heterocycles. The maximum atomic E-state index is 13.8. The van der Waals surface area contributed by atoms with Gasteiger partial charge in [-0.15, -0.1) is 0 Å². The van der Waals surface area contributed by atoms with Gasteiger partial charge in [-0.2, -0.15) is 5.10 Å². The molecule has 30 heavy (non-hydrogen) atoms. The van der Waals surface area contributed by atoms with E-state index in [4.69, 9.17) is 0 Å². The lowest BCUT2D eigenvalue weighted by molar-refractivity contribution is 0.0954. The van der Waals surface area contributed by atoms with Crippen LogP contribution in [0, 0.1) is 12.7 Å². The van der Waals surface area contributed by atoms with Gasteiger partial charge >= 0.3 is 0 Å². The van der Waals surface area contributed by atoms with Crippen molar-refractivity contribution in [3.8, 4) is 22.5 Å². The van der Waals surface area contributed by atoms with Gasteiger partial charge < -0.3 is 5.32 Å². The van der Waals surface area contributed by atoms with Crippen LogP contribution >= 0.6 is 0 Å². The lowest BCUT2D eigenvalue weighted by Gasteiger charge is -2.08. The summed E-state index contributed by atoms with van der Waals surface area (Å²) in [7, 11) is 0. The van der Waals surface area contributed by atoms with Crippen molar-refractivity contribution in [2.45, 2.75) is 13.3 Å². The molecule has 0 atom stereocenters. The molecule has 0 saturated carbocycles. The normalized spacial score (nSPS) is 10.7. The maximum absolute atomic E-state index is 13.8. The number of aromatic amines is 1. The molecule has 2 aromatic heterocycles. The standard InChI is InChI=1S/C24H21FN4O/c1-16-12-17(14-18(25)13-16)22-15-23(29-28-22)20-7-2-3-8-21(20)24(30)27-11-9-19-6-4-5-10-26-19/h2-8,10,12-15H,9,11H2,1H3,(H,27,30)(H,28,29). The summed E-state index contributed by atoms with van der Waals surface area (Å²) >= 11 is 0. The highest BCUT2D eigenvalue weighted by molar-refractivity contribution is 6.00. The minimum atomic E-state index is -0.297. The third kappa shape index (κ3) is 4.43. The van der Waals surface area contributed by atoms with Crippen molar-refractivity contribution in [1.82, 2.24) is 20.5 Å². The summed E-state index contributed by atoms with van der Waals surface area (Å²) in [6.45, 7) is 2.33. The number of carbonyl (C=O) groups is 1. The van der Waals surface area contributed by atoms with Crippen LogP contribution in [-0.4, -0.2) is 27.6 Å². The number of benzene rings is 2. The Balaban J connectivity index is 1.53. The minimum absolute atomic E-state index is 0.173. The van der Waals surface area contributed by atoms with Crippen LogP contribution in [0.5, 0.6) is 0 Å². The minimum Gasteiger partial charge on any atom is -0.352 e. The third-order valence-corrected chi connectivity index (χ3v) is 4.77. The van der Waals surface area contributed by atoms with Crippen LogP contribution in [0.25, 0.3) is 22.5 Å². The first kappa shape index (κ1) is 19.5. The third-order valence-electron chi connectivity index (χ3n) is 4.77. The Morgan fingerprint density at radius 2 is 1.90 bits per heavy atom. The van der Waals surface area contributed by atoms with Crippen LogP contribution < -0.4 is 5.32 Å². The first-order valence-electron chi connectivity index (χ1n) is 9.70. The number of aromatic nitrogens is 3. The van der Waals surface area contributed by atoms with Crippen LogP contribution in [0.1, 0.15) is 21.6 Å². The molecule has 5 nitrogen and oxygen atoms in total. The Morgan fingerprint density at radius 3 is 2.70 bits per heavy atom. The van der Waals surface area contributed by atoms with Crippen molar-refractivity contribution in [2.75, 3.05) is 6.54 Å². The van der Waals surface area contributed by atoms with Gasteiger partial charge in [-0.3, -0.25) is 14.9 Å². The fraction of sp³-hybridized carbons (Fsp3) is 0.125. The van der Waals surface area contributed by atoms with Gasteiger partial charge in [0.25, 0.3) is 5.91 Å². The molecule has 4 rings (SSSR count). The molecule has 0 aliphatic heterocycles. The number of halogens is 1. The predicted molar refractivity (Wildman–Crippen MR) is 114 cm³/mol. The molecule has 0 aliphatic carbocycles. The Kier molecular flexibility index (Phi) is 5.66. The Morgan fingerprint density at radius 1 is 1.07 bits per heavy atom. The summed E-state index contributed by atoms with van der Waals surface area (Å²) in [6, 6.07) is 19.7. The number of nitrogens with zero attached hydrogens (tertiary/aromatic N) is 2. The molecular weight excluding hydrogens is 379 g/mol. The smallest absolute Gasteiger partial charge is 0.251 e. The fourth-order valence-corrected chi connectivity index (χ4v) is 3.35. The number of pyridine rings is 1. The van der Waals surface area contributed by atoms with Crippen molar-refractivity contribution >= 4 is 5.91 Å². The summed E-state index contributed by atoms with van der Waals surface area (Å²) in [5, 5.41) is 10.2. The van der Waals surface area contributed by atoms with Gasteiger partial charge in [-0.05, 0) is 55.0 Å². The van der Waals surface area contributed by atoms with Gasteiger partial charge in [0, 0.05) is 41.5 Å². The van der Waals surface area contributed by atoms with E-state index in [-0.39, 0.29) is 11.7 Å². The number of H-pyrrole nitrogens is 1. The second-order valence-corrected chi connectivity index (χ2v) is 7.06. The molecule has 2 aromatic carbocycles. The molecule has 0 bridgehead atoms. The van der Waals surface area contributed by atoms with Gasteiger partial charge in [0.2, 0.25) is 0 Å². The zero-order chi connectivity index (χ0) is 20.9.